The minimum Gasteiger partial charge on any atom is -0.283 e. The van der Waals surface area contributed by atoms with Gasteiger partial charge in [-0.1, -0.05) is 53.9 Å². The second-order valence-corrected chi connectivity index (χ2v) is 11.0. The predicted molar refractivity (Wildman–Crippen MR) is 131 cm³/mol. The van der Waals surface area contributed by atoms with Crippen LogP contribution in [0.15, 0.2) is 51.0 Å². The molecule has 7 nitrogen and oxygen atoms in total. The molecule has 0 spiro atoms. The Balaban J connectivity index is 1.24. The molecule has 2 N–H and O–H groups in total. The van der Waals surface area contributed by atoms with Crippen LogP contribution in [0.5, 0.6) is 0 Å². The van der Waals surface area contributed by atoms with Gasteiger partial charge in [0.1, 0.15) is 10.9 Å². The lowest BCUT2D eigenvalue weighted by Gasteiger charge is -2.14. The van der Waals surface area contributed by atoms with Gasteiger partial charge in [-0.25, -0.2) is 4.98 Å². The monoisotopic (exact) mass is 506 g/mol. The maximum atomic E-state index is 12.5. The molecule has 0 unspecified atom stereocenters. The summed E-state index contributed by atoms with van der Waals surface area (Å²) in [4.78, 5) is 43.8. The Kier molecular flexibility index (Phi) is 7.02. The molecule has 12 heteroatoms. The number of hydrogen-bond donors (Lipinski definition) is 2. The minimum absolute atomic E-state index is 0.102. The number of nitrogens with zero attached hydrogens (tertiary/aromatic N) is 2. The quantitative estimate of drug-likeness (QED) is 0.229. The number of thiophene rings is 1. The van der Waals surface area contributed by atoms with Crippen molar-refractivity contribution < 1.29 is 14.4 Å². The summed E-state index contributed by atoms with van der Waals surface area (Å²) in [5.74, 6) is -1.13. The van der Waals surface area contributed by atoms with Crippen LogP contribution >= 0.6 is 58.4 Å². The average molecular weight is 507 g/mol. The van der Waals surface area contributed by atoms with E-state index in [-0.39, 0.29) is 24.1 Å². The number of benzene rings is 1. The number of carbonyl (C=O) groups excluding carboxylic acids is 3. The Morgan fingerprint density at radius 3 is 2.74 bits per heavy atom. The molecule has 31 heavy (non-hydrogen) atoms. The molecule has 3 amide bonds. The van der Waals surface area contributed by atoms with Crippen molar-refractivity contribution in [3.8, 4) is 0 Å². The zero-order valence-electron chi connectivity index (χ0n) is 15.7. The molecule has 3 heterocycles. The third kappa shape index (κ3) is 5.52. The van der Waals surface area contributed by atoms with Gasteiger partial charge in [0, 0.05) is 4.88 Å². The summed E-state index contributed by atoms with van der Waals surface area (Å²) in [6, 6.07) is 11.5. The average Bonchev–Trinajstić information content (AvgIpc) is 3.47. The third-order valence-corrected chi connectivity index (χ3v) is 8.31. The molecule has 0 bridgehead atoms. The molecule has 3 aromatic rings. The van der Waals surface area contributed by atoms with E-state index in [9.17, 15) is 14.4 Å². The number of hydrazine groups is 1. The van der Waals surface area contributed by atoms with Gasteiger partial charge in [-0.05, 0) is 29.7 Å². The number of carbonyl (C=O) groups is 3. The van der Waals surface area contributed by atoms with E-state index in [0.717, 1.165) is 31.2 Å². The number of fused-ring (bicyclic) bond motifs is 1. The Hall–Kier alpha value is -2.25. The van der Waals surface area contributed by atoms with Gasteiger partial charge in [0.15, 0.2) is 4.34 Å². The summed E-state index contributed by atoms with van der Waals surface area (Å²) in [5, 5.41) is 1.91. The normalized spacial score (nSPS) is 15.1. The second kappa shape index (κ2) is 9.92. The van der Waals surface area contributed by atoms with Crippen molar-refractivity contribution in [2.24, 2.45) is 0 Å². The standard InChI is InChI=1S/C19H14N4O3S5/c24-15(9-23-17(26)14(31-19(23)27)8-11-4-3-7-28-11)21-22-16(25)10-29-18-20-12-5-1-2-6-13(12)30-18/h1-8H,9-10H2,(H,21,24)(H,22,25)/b14-8+. The summed E-state index contributed by atoms with van der Waals surface area (Å²) in [6.07, 6.45) is 1.75. The maximum absolute atomic E-state index is 12.5. The van der Waals surface area contributed by atoms with E-state index in [1.165, 1.54) is 39.3 Å². The van der Waals surface area contributed by atoms with Crippen LogP contribution in [0, 0.1) is 0 Å². The van der Waals surface area contributed by atoms with Crippen LogP contribution in [-0.4, -0.2) is 44.2 Å². The predicted octanol–water partition coefficient (Wildman–Crippen LogP) is 3.50. The first-order valence-electron chi connectivity index (χ1n) is 8.84. The molecule has 0 atom stereocenters. The molecule has 0 aliphatic carbocycles. The lowest BCUT2D eigenvalue weighted by atomic mass is 10.3. The summed E-state index contributed by atoms with van der Waals surface area (Å²) in [6.45, 7) is -0.266. The highest BCUT2D eigenvalue weighted by molar-refractivity contribution is 8.26. The lowest BCUT2D eigenvalue weighted by Crippen LogP contribution is -2.47. The molecule has 1 aliphatic rings. The molecular weight excluding hydrogens is 493 g/mol. The van der Waals surface area contributed by atoms with Crippen molar-refractivity contribution in [2.75, 3.05) is 12.3 Å². The number of hydrogen-bond acceptors (Lipinski definition) is 9. The van der Waals surface area contributed by atoms with Crippen molar-refractivity contribution in [1.29, 1.82) is 0 Å². The number of nitrogens with one attached hydrogen (secondary N) is 2. The van der Waals surface area contributed by atoms with Crippen molar-refractivity contribution in [3.05, 3.63) is 51.6 Å². The van der Waals surface area contributed by atoms with E-state index in [4.69, 9.17) is 12.2 Å². The first-order chi connectivity index (χ1) is 15.0. The second-order valence-electron chi connectivity index (χ2n) is 6.12. The minimum atomic E-state index is -0.535. The smallest absolute Gasteiger partial charge is 0.266 e. The van der Waals surface area contributed by atoms with Crippen LogP contribution in [0.1, 0.15) is 4.88 Å². The van der Waals surface area contributed by atoms with E-state index >= 15 is 0 Å². The molecular formula is C19H14N4O3S5. The summed E-state index contributed by atoms with van der Waals surface area (Å²) < 4.78 is 2.13. The Morgan fingerprint density at radius 1 is 1.16 bits per heavy atom. The number of thiocarbonyl (C=S) groups is 1. The highest BCUT2D eigenvalue weighted by Crippen LogP contribution is 2.33. The Morgan fingerprint density at radius 2 is 1.97 bits per heavy atom. The van der Waals surface area contributed by atoms with Crippen LogP contribution in [-0.2, 0) is 14.4 Å². The molecule has 4 rings (SSSR count). The van der Waals surface area contributed by atoms with Gasteiger partial charge in [0.2, 0.25) is 5.91 Å². The molecule has 0 saturated carbocycles. The van der Waals surface area contributed by atoms with Gasteiger partial charge in [0.25, 0.3) is 11.8 Å². The number of thioether (sulfide) groups is 2. The largest absolute Gasteiger partial charge is 0.283 e. The molecule has 1 saturated heterocycles. The first-order valence-corrected chi connectivity index (χ1v) is 12.7. The van der Waals surface area contributed by atoms with Crippen molar-refractivity contribution in [2.45, 2.75) is 4.34 Å². The molecule has 1 aromatic carbocycles. The Bertz CT molecular complexity index is 1160. The SMILES string of the molecule is O=C(CSc1nc2ccccc2s1)NNC(=O)CN1C(=O)/C(=C\c2cccs2)SC1=S. The van der Waals surface area contributed by atoms with E-state index < -0.39 is 5.91 Å². The van der Waals surface area contributed by atoms with E-state index in [0.29, 0.717) is 9.23 Å². The molecule has 1 aliphatic heterocycles. The van der Waals surface area contributed by atoms with Gasteiger partial charge in [-0.3, -0.25) is 30.1 Å². The van der Waals surface area contributed by atoms with E-state index in [1.807, 2.05) is 41.8 Å². The van der Waals surface area contributed by atoms with Crippen LogP contribution < -0.4 is 10.9 Å². The highest BCUT2D eigenvalue weighted by atomic mass is 32.2. The fraction of sp³-hybridized carbons (Fsp3) is 0.105. The number of para-hydroxylation sites is 1. The number of rotatable bonds is 6. The fourth-order valence-electron chi connectivity index (χ4n) is 2.54. The van der Waals surface area contributed by atoms with Gasteiger partial charge < -0.3 is 0 Å². The van der Waals surface area contributed by atoms with Crippen LogP contribution in [0.2, 0.25) is 0 Å². The highest BCUT2D eigenvalue weighted by Gasteiger charge is 2.33. The van der Waals surface area contributed by atoms with E-state index in [2.05, 4.69) is 15.8 Å². The van der Waals surface area contributed by atoms with Crippen LogP contribution in [0.4, 0.5) is 0 Å². The Labute approximate surface area is 199 Å². The van der Waals surface area contributed by atoms with Crippen molar-refractivity contribution >= 4 is 96.7 Å². The number of aromatic nitrogens is 1. The van der Waals surface area contributed by atoms with Crippen LogP contribution in [0.3, 0.4) is 0 Å². The van der Waals surface area contributed by atoms with Gasteiger partial charge in [-0.15, -0.1) is 22.7 Å². The zero-order chi connectivity index (χ0) is 21.8. The molecule has 158 valence electrons. The zero-order valence-corrected chi connectivity index (χ0v) is 19.8. The third-order valence-electron chi connectivity index (χ3n) is 3.93. The fourth-order valence-corrected chi connectivity index (χ4v) is 6.38. The first kappa shape index (κ1) is 22.0. The maximum Gasteiger partial charge on any atom is 0.266 e. The lowest BCUT2D eigenvalue weighted by molar-refractivity contribution is -0.131. The van der Waals surface area contributed by atoms with E-state index in [1.54, 1.807) is 6.08 Å². The summed E-state index contributed by atoms with van der Waals surface area (Å²) in [7, 11) is 0. The molecule has 1 fully saturated rings. The summed E-state index contributed by atoms with van der Waals surface area (Å²) >= 11 is 10.7. The topological polar surface area (TPSA) is 91.4 Å². The van der Waals surface area contributed by atoms with Crippen molar-refractivity contribution in [1.82, 2.24) is 20.7 Å². The van der Waals surface area contributed by atoms with Gasteiger partial charge in [-0.2, -0.15) is 0 Å². The number of thiazole rings is 1. The van der Waals surface area contributed by atoms with Crippen molar-refractivity contribution in [3.63, 3.8) is 0 Å². The molecule has 0 radical (unpaired) electrons. The van der Waals surface area contributed by atoms with Gasteiger partial charge in [0.05, 0.1) is 20.9 Å². The van der Waals surface area contributed by atoms with Gasteiger partial charge >= 0.3 is 0 Å². The summed E-state index contributed by atoms with van der Waals surface area (Å²) in [5.41, 5.74) is 5.57. The number of amides is 3. The molecule has 2 aromatic heterocycles. The van der Waals surface area contributed by atoms with Crippen LogP contribution in [0.25, 0.3) is 16.3 Å².